The lowest BCUT2D eigenvalue weighted by molar-refractivity contribution is -0.222. The Morgan fingerprint density at radius 3 is 2.13 bits per heavy atom. The number of cyclic esters (lactones) is 2. The van der Waals surface area contributed by atoms with E-state index in [1.54, 1.807) is 6.07 Å². The zero-order chi connectivity index (χ0) is 22.1. The van der Waals surface area contributed by atoms with E-state index >= 15 is 0 Å². The third kappa shape index (κ3) is 4.80. The van der Waals surface area contributed by atoms with Gasteiger partial charge in [0, 0.05) is 25.7 Å². The first-order chi connectivity index (χ1) is 14.0. The van der Waals surface area contributed by atoms with Gasteiger partial charge < -0.3 is 14.8 Å². The van der Waals surface area contributed by atoms with Crippen LogP contribution in [0.25, 0.3) is 0 Å². The average molecular weight is 430 g/mol. The minimum atomic E-state index is -3.78. The molecule has 1 saturated heterocycles. The number of rotatable bonds is 5. The highest BCUT2D eigenvalue weighted by Crippen LogP contribution is 2.24. The van der Waals surface area contributed by atoms with Gasteiger partial charge in [0.2, 0.25) is 0 Å². The van der Waals surface area contributed by atoms with Crippen LogP contribution in [0.4, 0.5) is 11.4 Å². The SMILES string of the molecule is Cc1ccc(C)c(NS(=O)(=O)c2ccc(NC=C3C(=O)OC(C)(C)OC3=O)cc2)c1. The Labute approximate surface area is 174 Å². The van der Waals surface area contributed by atoms with Gasteiger partial charge in [-0.1, -0.05) is 12.1 Å². The van der Waals surface area contributed by atoms with Crippen molar-refractivity contribution in [1.82, 2.24) is 0 Å². The molecule has 0 unspecified atom stereocenters. The van der Waals surface area contributed by atoms with Gasteiger partial charge in [-0.15, -0.1) is 0 Å². The third-order valence-electron chi connectivity index (χ3n) is 4.30. The summed E-state index contributed by atoms with van der Waals surface area (Å²) >= 11 is 0. The van der Waals surface area contributed by atoms with Gasteiger partial charge in [-0.3, -0.25) is 4.72 Å². The minimum absolute atomic E-state index is 0.0693. The van der Waals surface area contributed by atoms with E-state index < -0.39 is 27.7 Å². The normalized spacial score (nSPS) is 15.8. The van der Waals surface area contributed by atoms with E-state index in [0.717, 1.165) is 17.3 Å². The molecule has 0 amide bonds. The van der Waals surface area contributed by atoms with Crippen LogP contribution in [0, 0.1) is 13.8 Å². The maximum Gasteiger partial charge on any atom is 0.350 e. The summed E-state index contributed by atoms with van der Waals surface area (Å²) in [4.78, 5) is 23.9. The number of ether oxygens (including phenoxy) is 2. The second-order valence-electron chi connectivity index (χ2n) is 7.33. The largest absolute Gasteiger partial charge is 0.419 e. The second kappa shape index (κ2) is 7.83. The van der Waals surface area contributed by atoms with Crippen LogP contribution in [0.3, 0.4) is 0 Å². The lowest BCUT2D eigenvalue weighted by atomic mass is 10.1. The maximum absolute atomic E-state index is 12.7. The molecule has 1 aliphatic rings. The van der Waals surface area contributed by atoms with Crippen molar-refractivity contribution < 1.29 is 27.5 Å². The first-order valence-corrected chi connectivity index (χ1v) is 10.6. The fourth-order valence-electron chi connectivity index (χ4n) is 2.71. The molecular formula is C21H22N2O6S. The topological polar surface area (TPSA) is 111 Å². The summed E-state index contributed by atoms with van der Waals surface area (Å²) in [5.41, 5.74) is 2.44. The van der Waals surface area contributed by atoms with Gasteiger partial charge in [0.05, 0.1) is 10.6 Å². The smallest absolute Gasteiger partial charge is 0.350 e. The Bertz CT molecular complexity index is 1110. The third-order valence-corrected chi connectivity index (χ3v) is 5.68. The molecule has 1 fully saturated rings. The van der Waals surface area contributed by atoms with Crippen LogP contribution < -0.4 is 10.0 Å². The molecule has 1 heterocycles. The molecule has 9 heteroatoms. The van der Waals surface area contributed by atoms with Crippen LogP contribution in [0.1, 0.15) is 25.0 Å². The van der Waals surface area contributed by atoms with Crippen molar-refractivity contribution in [1.29, 1.82) is 0 Å². The van der Waals surface area contributed by atoms with Crippen LogP contribution in [-0.2, 0) is 29.1 Å². The minimum Gasteiger partial charge on any atom is -0.419 e. The average Bonchev–Trinajstić information content (AvgIpc) is 2.63. The van der Waals surface area contributed by atoms with E-state index in [2.05, 4.69) is 10.0 Å². The molecule has 0 atom stereocenters. The summed E-state index contributed by atoms with van der Waals surface area (Å²) in [6, 6.07) is 11.4. The number of carbonyl (C=O) groups is 2. The molecule has 0 spiro atoms. The quantitative estimate of drug-likeness (QED) is 0.426. The van der Waals surface area contributed by atoms with Gasteiger partial charge in [0.15, 0.2) is 5.57 Å². The summed E-state index contributed by atoms with van der Waals surface area (Å²) in [6.07, 6.45) is 1.16. The van der Waals surface area contributed by atoms with Crippen molar-refractivity contribution in [2.75, 3.05) is 10.0 Å². The van der Waals surface area contributed by atoms with Crippen LogP contribution in [0.5, 0.6) is 0 Å². The highest BCUT2D eigenvalue weighted by molar-refractivity contribution is 7.92. The molecular weight excluding hydrogens is 408 g/mol. The molecule has 0 radical (unpaired) electrons. The molecule has 3 rings (SSSR count). The number of aryl methyl sites for hydroxylation is 2. The Morgan fingerprint density at radius 1 is 0.933 bits per heavy atom. The van der Waals surface area contributed by atoms with Crippen LogP contribution in [-0.4, -0.2) is 26.1 Å². The van der Waals surface area contributed by atoms with Gasteiger partial charge >= 0.3 is 11.9 Å². The lowest BCUT2D eigenvalue weighted by Gasteiger charge is -2.29. The van der Waals surface area contributed by atoms with Gasteiger partial charge in [0.25, 0.3) is 15.8 Å². The fraction of sp³-hybridized carbons (Fsp3) is 0.238. The Balaban J connectivity index is 1.74. The fourth-order valence-corrected chi connectivity index (χ4v) is 3.84. The predicted octanol–water partition coefficient (Wildman–Crippen LogP) is 3.24. The Kier molecular flexibility index (Phi) is 5.58. The zero-order valence-electron chi connectivity index (χ0n) is 17.0. The molecule has 0 aromatic heterocycles. The molecule has 30 heavy (non-hydrogen) atoms. The van der Waals surface area contributed by atoms with E-state index in [9.17, 15) is 18.0 Å². The second-order valence-corrected chi connectivity index (χ2v) is 9.01. The summed E-state index contributed by atoms with van der Waals surface area (Å²) in [5.74, 6) is -2.93. The molecule has 2 aromatic rings. The van der Waals surface area contributed by atoms with Gasteiger partial charge in [-0.2, -0.15) is 0 Å². The van der Waals surface area contributed by atoms with E-state index in [1.165, 1.54) is 38.1 Å². The first-order valence-electron chi connectivity index (χ1n) is 9.10. The number of carbonyl (C=O) groups excluding carboxylic acids is 2. The molecule has 2 N–H and O–H groups in total. The van der Waals surface area contributed by atoms with Gasteiger partial charge in [-0.25, -0.2) is 18.0 Å². The van der Waals surface area contributed by atoms with Gasteiger partial charge in [0.1, 0.15) is 0 Å². The van der Waals surface area contributed by atoms with Crippen LogP contribution >= 0.6 is 0 Å². The predicted molar refractivity (Wildman–Crippen MR) is 111 cm³/mol. The van der Waals surface area contributed by atoms with E-state index in [1.807, 2.05) is 26.0 Å². The molecule has 0 aliphatic carbocycles. The highest BCUT2D eigenvalue weighted by Gasteiger charge is 2.38. The summed E-state index contributed by atoms with van der Waals surface area (Å²) < 4.78 is 37.9. The first kappa shape index (κ1) is 21.4. The number of hydrogen-bond acceptors (Lipinski definition) is 7. The van der Waals surface area contributed by atoms with Crippen molar-refractivity contribution in [2.45, 2.75) is 38.4 Å². The molecule has 0 saturated carbocycles. The molecule has 8 nitrogen and oxygen atoms in total. The molecule has 158 valence electrons. The summed E-state index contributed by atoms with van der Waals surface area (Å²) in [6.45, 7) is 6.61. The molecule has 1 aliphatic heterocycles. The number of esters is 2. The monoisotopic (exact) mass is 430 g/mol. The number of benzene rings is 2. The highest BCUT2D eigenvalue weighted by atomic mass is 32.2. The van der Waals surface area contributed by atoms with Crippen molar-refractivity contribution >= 4 is 33.3 Å². The standard InChI is InChI=1S/C21H22N2O6S/c1-13-5-6-14(2)18(11-13)23-30(26,27)16-9-7-15(8-10-16)22-12-17-19(24)28-21(3,4)29-20(17)25/h5-12,22-23H,1-4H3. The van der Waals surface area contributed by atoms with E-state index in [0.29, 0.717) is 11.4 Å². The van der Waals surface area contributed by atoms with Crippen LogP contribution in [0.2, 0.25) is 0 Å². The van der Waals surface area contributed by atoms with E-state index in [-0.39, 0.29) is 10.5 Å². The van der Waals surface area contributed by atoms with Crippen molar-refractivity contribution in [3.05, 3.63) is 65.4 Å². The summed E-state index contributed by atoms with van der Waals surface area (Å²) in [7, 11) is -3.78. The number of nitrogens with one attached hydrogen (secondary N) is 2. The van der Waals surface area contributed by atoms with Crippen LogP contribution in [0.15, 0.2) is 59.1 Å². The molecule has 0 bridgehead atoms. The number of sulfonamides is 1. The zero-order valence-corrected chi connectivity index (χ0v) is 17.8. The van der Waals surface area contributed by atoms with Gasteiger partial charge in [-0.05, 0) is 55.3 Å². The number of hydrogen-bond donors (Lipinski definition) is 2. The van der Waals surface area contributed by atoms with Crippen molar-refractivity contribution in [3.8, 4) is 0 Å². The number of anilines is 2. The van der Waals surface area contributed by atoms with E-state index in [4.69, 9.17) is 9.47 Å². The summed E-state index contributed by atoms with van der Waals surface area (Å²) in [5, 5.41) is 2.77. The van der Waals surface area contributed by atoms with Crippen molar-refractivity contribution in [2.24, 2.45) is 0 Å². The molecule has 2 aromatic carbocycles. The van der Waals surface area contributed by atoms with Crippen molar-refractivity contribution in [3.63, 3.8) is 0 Å². The lowest BCUT2D eigenvalue weighted by Crippen LogP contribution is -2.42. The Morgan fingerprint density at radius 2 is 1.53 bits per heavy atom. The maximum atomic E-state index is 12.7. The Hall–Kier alpha value is -3.33.